The molecule has 0 aliphatic heterocycles. The molecular weight excluding hydrogens is 226 g/mol. The van der Waals surface area contributed by atoms with Gasteiger partial charge in [0, 0.05) is 32.3 Å². The van der Waals surface area contributed by atoms with Crippen LogP contribution in [0.4, 0.5) is 5.82 Å². The van der Waals surface area contributed by atoms with Gasteiger partial charge in [-0.15, -0.1) is 0 Å². The fourth-order valence-corrected chi connectivity index (χ4v) is 2.20. The standard InChI is InChI=1S/C13H21N5/c1-5-7-11-15-12(13(14)18(11)4)9-8-17(3)16-10(9)6-2/h8H,5-7,14H2,1-4H3. The van der Waals surface area contributed by atoms with Crippen molar-refractivity contribution in [1.29, 1.82) is 0 Å². The average Bonchev–Trinajstić information content (AvgIpc) is 2.84. The van der Waals surface area contributed by atoms with Crippen LogP contribution in [-0.4, -0.2) is 19.3 Å². The number of aromatic nitrogens is 4. The summed E-state index contributed by atoms with van der Waals surface area (Å²) in [6, 6.07) is 0. The van der Waals surface area contributed by atoms with Crippen molar-refractivity contribution in [2.24, 2.45) is 14.1 Å². The van der Waals surface area contributed by atoms with Crippen LogP contribution >= 0.6 is 0 Å². The Morgan fingerprint density at radius 2 is 2.00 bits per heavy atom. The molecule has 0 amide bonds. The number of nitrogens with zero attached hydrogens (tertiary/aromatic N) is 4. The Bertz CT molecular complexity index is 550. The monoisotopic (exact) mass is 247 g/mol. The first-order valence-electron chi connectivity index (χ1n) is 6.42. The minimum absolute atomic E-state index is 0.723. The van der Waals surface area contributed by atoms with Gasteiger partial charge in [-0.25, -0.2) is 4.98 Å². The molecule has 2 aromatic heterocycles. The summed E-state index contributed by atoms with van der Waals surface area (Å²) < 4.78 is 3.80. The lowest BCUT2D eigenvalue weighted by Gasteiger charge is -2.00. The van der Waals surface area contributed by atoms with E-state index in [9.17, 15) is 0 Å². The van der Waals surface area contributed by atoms with E-state index >= 15 is 0 Å². The molecule has 2 rings (SSSR count). The van der Waals surface area contributed by atoms with Crippen molar-refractivity contribution in [3.63, 3.8) is 0 Å². The predicted molar refractivity (Wildman–Crippen MR) is 73.2 cm³/mol. The second-order valence-electron chi connectivity index (χ2n) is 4.59. The van der Waals surface area contributed by atoms with Crippen LogP contribution in [0.2, 0.25) is 0 Å². The zero-order valence-corrected chi connectivity index (χ0v) is 11.6. The summed E-state index contributed by atoms with van der Waals surface area (Å²) in [7, 11) is 3.90. The number of anilines is 1. The van der Waals surface area contributed by atoms with Gasteiger partial charge in [-0.05, 0) is 12.8 Å². The normalized spacial score (nSPS) is 11.1. The molecule has 0 spiro atoms. The first-order chi connectivity index (χ1) is 8.58. The summed E-state index contributed by atoms with van der Waals surface area (Å²) in [5.74, 6) is 1.76. The van der Waals surface area contributed by atoms with Crippen molar-refractivity contribution >= 4 is 5.82 Å². The SMILES string of the molecule is CCCc1nc(-c2cn(C)nc2CC)c(N)n1C. The van der Waals surface area contributed by atoms with E-state index in [1.54, 1.807) is 0 Å². The molecule has 0 bridgehead atoms. The van der Waals surface area contributed by atoms with Gasteiger partial charge in [-0.3, -0.25) is 4.68 Å². The third-order valence-corrected chi connectivity index (χ3v) is 3.20. The zero-order valence-electron chi connectivity index (χ0n) is 11.6. The van der Waals surface area contributed by atoms with Gasteiger partial charge in [-0.2, -0.15) is 5.10 Å². The lowest BCUT2D eigenvalue weighted by Crippen LogP contribution is -2.01. The predicted octanol–water partition coefficient (Wildman–Crippen LogP) is 1.92. The Morgan fingerprint density at radius 3 is 2.61 bits per heavy atom. The molecular formula is C13H21N5. The van der Waals surface area contributed by atoms with Crippen LogP contribution in [0.1, 0.15) is 31.8 Å². The van der Waals surface area contributed by atoms with Gasteiger partial charge in [0.15, 0.2) is 0 Å². The Balaban J connectivity index is 2.53. The van der Waals surface area contributed by atoms with Crippen LogP contribution in [0.15, 0.2) is 6.20 Å². The molecule has 0 aliphatic carbocycles. The molecule has 0 fully saturated rings. The molecule has 18 heavy (non-hydrogen) atoms. The summed E-state index contributed by atoms with van der Waals surface area (Å²) >= 11 is 0. The fourth-order valence-electron chi connectivity index (χ4n) is 2.20. The van der Waals surface area contributed by atoms with Crippen LogP contribution in [0.5, 0.6) is 0 Å². The molecule has 2 aromatic rings. The van der Waals surface area contributed by atoms with E-state index in [1.807, 2.05) is 29.5 Å². The Morgan fingerprint density at radius 1 is 1.28 bits per heavy atom. The van der Waals surface area contributed by atoms with Gasteiger partial charge < -0.3 is 10.3 Å². The maximum Gasteiger partial charge on any atom is 0.131 e. The highest BCUT2D eigenvalue weighted by Crippen LogP contribution is 2.28. The molecule has 0 aliphatic rings. The molecule has 0 atom stereocenters. The second-order valence-corrected chi connectivity index (χ2v) is 4.59. The summed E-state index contributed by atoms with van der Waals surface area (Å²) in [6.07, 6.45) is 4.89. The topological polar surface area (TPSA) is 61.7 Å². The van der Waals surface area contributed by atoms with Gasteiger partial charge in [-0.1, -0.05) is 13.8 Å². The van der Waals surface area contributed by atoms with Crippen molar-refractivity contribution in [2.45, 2.75) is 33.1 Å². The van der Waals surface area contributed by atoms with Gasteiger partial charge in [0.2, 0.25) is 0 Å². The molecule has 98 valence electrons. The average molecular weight is 247 g/mol. The van der Waals surface area contributed by atoms with E-state index in [-0.39, 0.29) is 0 Å². The van der Waals surface area contributed by atoms with E-state index in [4.69, 9.17) is 5.73 Å². The third kappa shape index (κ3) is 2.00. The fraction of sp³-hybridized carbons (Fsp3) is 0.538. The second kappa shape index (κ2) is 4.84. The van der Waals surface area contributed by atoms with Crippen molar-refractivity contribution in [1.82, 2.24) is 19.3 Å². The number of hydrogen-bond donors (Lipinski definition) is 1. The molecule has 0 saturated heterocycles. The van der Waals surface area contributed by atoms with E-state index in [1.165, 1.54) is 0 Å². The number of nitrogen functional groups attached to an aromatic ring is 1. The summed E-state index contributed by atoms with van der Waals surface area (Å²) in [6.45, 7) is 4.24. The van der Waals surface area contributed by atoms with Crippen molar-refractivity contribution in [2.75, 3.05) is 5.73 Å². The molecule has 5 heteroatoms. The summed E-state index contributed by atoms with van der Waals surface area (Å²) in [4.78, 5) is 4.68. The lowest BCUT2D eigenvalue weighted by molar-refractivity contribution is 0.746. The van der Waals surface area contributed by atoms with Crippen LogP contribution in [0.3, 0.4) is 0 Å². The van der Waals surface area contributed by atoms with Gasteiger partial charge in [0.25, 0.3) is 0 Å². The summed E-state index contributed by atoms with van der Waals surface area (Å²) in [5.41, 5.74) is 9.13. The molecule has 0 saturated carbocycles. The Hall–Kier alpha value is -1.78. The van der Waals surface area contributed by atoms with Crippen molar-refractivity contribution in [3.8, 4) is 11.3 Å². The van der Waals surface area contributed by atoms with E-state index in [0.29, 0.717) is 0 Å². The molecule has 0 aromatic carbocycles. The highest BCUT2D eigenvalue weighted by Gasteiger charge is 2.17. The number of nitrogens with two attached hydrogens (primary N) is 1. The maximum atomic E-state index is 6.16. The first-order valence-corrected chi connectivity index (χ1v) is 6.42. The highest BCUT2D eigenvalue weighted by molar-refractivity contribution is 5.72. The van der Waals surface area contributed by atoms with Crippen molar-refractivity contribution < 1.29 is 0 Å². The maximum absolute atomic E-state index is 6.16. The molecule has 0 unspecified atom stereocenters. The largest absolute Gasteiger partial charge is 0.383 e. The van der Waals surface area contributed by atoms with Crippen LogP contribution in [-0.2, 0) is 26.9 Å². The van der Waals surface area contributed by atoms with Crippen LogP contribution in [0, 0.1) is 0 Å². The number of aryl methyl sites for hydroxylation is 3. The molecule has 0 radical (unpaired) electrons. The van der Waals surface area contributed by atoms with E-state index < -0.39 is 0 Å². The lowest BCUT2D eigenvalue weighted by atomic mass is 10.1. The van der Waals surface area contributed by atoms with Crippen LogP contribution < -0.4 is 5.73 Å². The van der Waals surface area contributed by atoms with Crippen LogP contribution in [0.25, 0.3) is 11.3 Å². The minimum atomic E-state index is 0.723. The Kier molecular flexibility index (Phi) is 3.41. The summed E-state index contributed by atoms with van der Waals surface area (Å²) in [5, 5.41) is 4.44. The molecule has 5 nitrogen and oxygen atoms in total. The van der Waals surface area contributed by atoms with Gasteiger partial charge in [0.1, 0.15) is 17.3 Å². The first kappa shape index (κ1) is 12.7. The molecule has 2 heterocycles. The minimum Gasteiger partial charge on any atom is -0.383 e. The van der Waals surface area contributed by atoms with Gasteiger partial charge >= 0.3 is 0 Å². The Labute approximate surface area is 108 Å². The van der Waals surface area contributed by atoms with Gasteiger partial charge in [0.05, 0.1) is 5.69 Å². The smallest absolute Gasteiger partial charge is 0.131 e. The quantitative estimate of drug-likeness (QED) is 0.897. The van der Waals surface area contributed by atoms with E-state index in [2.05, 4.69) is 23.9 Å². The third-order valence-electron chi connectivity index (χ3n) is 3.20. The van der Waals surface area contributed by atoms with E-state index in [0.717, 1.165) is 47.9 Å². The zero-order chi connectivity index (χ0) is 13.3. The highest BCUT2D eigenvalue weighted by atomic mass is 15.3. The number of hydrogen-bond acceptors (Lipinski definition) is 3. The number of rotatable bonds is 4. The molecule has 2 N–H and O–H groups in total. The van der Waals surface area contributed by atoms with Crippen molar-refractivity contribution in [3.05, 3.63) is 17.7 Å². The number of imidazole rings is 1.